The van der Waals surface area contributed by atoms with E-state index in [1.165, 1.54) is 4.90 Å². The van der Waals surface area contributed by atoms with E-state index >= 15 is 0 Å². The number of nitrogens with one attached hydrogen (secondary N) is 1. The highest BCUT2D eigenvalue weighted by molar-refractivity contribution is 6.36. The van der Waals surface area contributed by atoms with Crippen LogP contribution in [0, 0.1) is 12.8 Å². The molecule has 1 saturated heterocycles. The van der Waals surface area contributed by atoms with Crippen molar-refractivity contribution < 1.29 is 9.59 Å². The number of halogens is 2. The summed E-state index contributed by atoms with van der Waals surface area (Å²) in [6.45, 7) is 2.27. The van der Waals surface area contributed by atoms with Crippen molar-refractivity contribution in [2.24, 2.45) is 5.92 Å². The molecule has 1 heterocycles. The van der Waals surface area contributed by atoms with Gasteiger partial charge in [-0.1, -0.05) is 40.9 Å². The summed E-state index contributed by atoms with van der Waals surface area (Å²) in [5.74, 6) is -0.732. The van der Waals surface area contributed by atoms with Crippen LogP contribution >= 0.6 is 23.2 Å². The Kier molecular flexibility index (Phi) is 4.78. The number of anilines is 2. The van der Waals surface area contributed by atoms with Gasteiger partial charge in [0.2, 0.25) is 11.8 Å². The molecule has 2 aromatic carbocycles. The van der Waals surface area contributed by atoms with E-state index in [1.54, 1.807) is 18.2 Å². The molecule has 4 nitrogen and oxygen atoms in total. The number of carbonyl (C=O) groups excluding carboxylic acids is 2. The highest BCUT2D eigenvalue weighted by Crippen LogP contribution is 2.33. The minimum Gasteiger partial charge on any atom is -0.326 e. The van der Waals surface area contributed by atoms with Gasteiger partial charge in [0.1, 0.15) is 0 Å². The van der Waals surface area contributed by atoms with Gasteiger partial charge in [-0.05, 0) is 37.3 Å². The lowest BCUT2D eigenvalue weighted by molar-refractivity contribution is -0.122. The van der Waals surface area contributed by atoms with Crippen LogP contribution in [-0.4, -0.2) is 18.4 Å². The van der Waals surface area contributed by atoms with E-state index in [0.717, 1.165) is 11.3 Å². The number of rotatable bonds is 3. The second-order valence-corrected chi connectivity index (χ2v) is 6.70. The van der Waals surface area contributed by atoms with Crippen LogP contribution in [0.1, 0.15) is 12.0 Å². The van der Waals surface area contributed by atoms with E-state index < -0.39 is 5.92 Å². The van der Waals surface area contributed by atoms with Crippen molar-refractivity contribution in [2.75, 3.05) is 16.8 Å². The van der Waals surface area contributed by atoms with Crippen LogP contribution in [0.25, 0.3) is 0 Å². The van der Waals surface area contributed by atoms with Crippen molar-refractivity contribution in [1.82, 2.24) is 0 Å². The molecule has 1 aliphatic heterocycles. The Hall–Kier alpha value is -2.04. The van der Waals surface area contributed by atoms with Crippen molar-refractivity contribution in [3.8, 4) is 0 Å². The Bertz CT molecular complexity index is 790. The Morgan fingerprint density at radius 3 is 2.58 bits per heavy atom. The zero-order chi connectivity index (χ0) is 17.3. The van der Waals surface area contributed by atoms with Crippen molar-refractivity contribution in [2.45, 2.75) is 13.3 Å². The maximum absolute atomic E-state index is 12.4. The van der Waals surface area contributed by atoms with Crippen LogP contribution in [0.15, 0.2) is 42.5 Å². The summed E-state index contributed by atoms with van der Waals surface area (Å²) in [7, 11) is 0. The number of carbonyl (C=O) groups is 2. The second-order valence-electron chi connectivity index (χ2n) is 5.86. The number of amides is 2. The number of nitrogens with zero attached hydrogens (tertiary/aromatic N) is 1. The fraction of sp³-hybridized carbons (Fsp3) is 0.222. The van der Waals surface area contributed by atoms with Crippen LogP contribution in [0.3, 0.4) is 0 Å². The number of hydrogen-bond donors (Lipinski definition) is 1. The van der Waals surface area contributed by atoms with Crippen LogP contribution in [0.4, 0.5) is 11.4 Å². The molecule has 1 atom stereocenters. The fourth-order valence-corrected chi connectivity index (χ4v) is 3.08. The Balaban J connectivity index is 1.73. The summed E-state index contributed by atoms with van der Waals surface area (Å²) in [6.07, 6.45) is 0.153. The molecule has 0 spiro atoms. The van der Waals surface area contributed by atoms with Crippen molar-refractivity contribution >= 4 is 46.4 Å². The zero-order valence-electron chi connectivity index (χ0n) is 13.1. The van der Waals surface area contributed by atoms with Crippen LogP contribution in [0.5, 0.6) is 0 Å². The SMILES string of the molecule is Cc1ccc(NC(=O)[C@@H]2CC(=O)N(c3cc(Cl)ccc3Cl)C2)cc1. The highest BCUT2D eigenvalue weighted by atomic mass is 35.5. The molecule has 0 saturated carbocycles. The third kappa shape index (κ3) is 3.55. The summed E-state index contributed by atoms with van der Waals surface area (Å²) in [6, 6.07) is 12.5. The largest absolute Gasteiger partial charge is 0.326 e. The molecule has 0 aromatic heterocycles. The lowest BCUT2D eigenvalue weighted by Crippen LogP contribution is -2.28. The summed E-state index contributed by atoms with van der Waals surface area (Å²) in [5.41, 5.74) is 2.38. The first-order valence-corrected chi connectivity index (χ1v) is 8.32. The predicted molar refractivity (Wildman–Crippen MR) is 96.7 cm³/mol. The van der Waals surface area contributed by atoms with Gasteiger partial charge in [-0.15, -0.1) is 0 Å². The molecule has 6 heteroatoms. The zero-order valence-corrected chi connectivity index (χ0v) is 14.6. The van der Waals surface area contributed by atoms with E-state index in [9.17, 15) is 9.59 Å². The molecular weight excluding hydrogens is 347 g/mol. The predicted octanol–water partition coefficient (Wildman–Crippen LogP) is 4.29. The van der Waals surface area contributed by atoms with Crippen molar-refractivity contribution in [3.05, 3.63) is 58.1 Å². The van der Waals surface area contributed by atoms with E-state index in [4.69, 9.17) is 23.2 Å². The summed E-state index contributed by atoms with van der Waals surface area (Å²) in [5, 5.41) is 3.79. The summed E-state index contributed by atoms with van der Waals surface area (Å²) in [4.78, 5) is 26.2. The van der Waals surface area contributed by atoms with Gasteiger partial charge in [-0.2, -0.15) is 0 Å². The molecule has 1 aliphatic rings. The maximum Gasteiger partial charge on any atom is 0.229 e. The van der Waals surface area contributed by atoms with Gasteiger partial charge >= 0.3 is 0 Å². The minimum absolute atomic E-state index is 0.136. The monoisotopic (exact) mass is 362 g/mol. The third-order valence-electron chi connectivity index (χ3n) is 4.01. The second kappa shape index (κ2) is 6.83. The van der Waals surface area contributed by atoms with Crippen molar-refractivity contribution in [1.29, 1.82) is 0 Å². The standard InChI is InChI=1S/C18H16Cl2N2O2/c1-11-2-5-14(6-3-11)21-18(24)12-8-17(23)22(10-12)16-9-13(19)4-7-15(16)20/h2-7,9,12H,8,10H2,1H3,(H,21,24)/t12-/m1/s1. The number of benzene rings is 2. The Labute approximate surface area is 150 Å². The summed E-state index contributed by atoms with van der Waals surface area (Å²) < 4.78 is 0. The average molecular weight is 363 g/mol. The van der Waals surface area contributed by atoms with Crippen LogP contribution in [0.2, 0.25) is 10.0 Å². The van der Waals surface area contributed by atoms with Gasteiger partial charge in [-0.25, -0.2) is 0 Å². The molecule has 124 valence electrons. The highest BCUT2D eigenvalue weighted by Gasteiger charge is 2.36. The lowest BCUT2D eigenvalue weighted by Gasteiger charge is -2.18. The molecule has 2 amide bonds. The molecule has 24 heavy (non-hydrogen) atoms. The Morgan fingerprint density at radius 1 is 1.17 bits per heavy atom. The van der Waals surface area contributed by atoms with Crippen LogP contribution in [-0.2, 0) is 9.59 Å². The first kappa shape index (κ1) is 16.8. The first-order valence-electron chi connectivity index (χ1n) is 7.57. The molecule has 2 aromatic rings. The average Bonchev–Trinajstić information content (AvgIpc) is 2.94. The molecule has 0 unspecified atom stereocenters. The van der Waals surface area contributed by atoms with Gasteiger partial charge in [0.15, 0.2) is 0 Å². The van der Waals surface area contributed by atoms with Gasteiger partial charge in [0.05, 0.1) is 16.6 Å². The smallest absolute Gasteiger partial charge is 0.229 e. The lowest BCUT2D eigenvalue weighted by atomic mass is 10.1. The number of hydrogen-bond acceptors (Lipinski definition) is 2. The van der Waals surface area contributed by atoms with E-state index in [0.29, 0.717) is 15.7 Å². The van der Waals surface area contributed by atoms with E-state index in [2.05, 4.69) is 5.32 Å². The van der Waals surface area contributed by atoms with Gasteiger partial charge in [-0.3, -0.25) is 9.59 Å². The minimum atomic E-state index is -0.422. The molecule has 0 aliphatic carbocycles. The quantitative estimate of drug-likeness (QED) is 0.884. The van der Waals surface area contributed by atoms with Gasteiger partial charge in [0.25, 0.3) is 0 Å². The van der Waals surface area contributed by atoms with Crippen molar-refractivity contribution in [3.63, 3.8) is 0 Å². The van der Waals surface area contributed by atoms with Crippen LogP contribution < -0.4 is 10.2 Å². The van der Waals surface area contributed by atoms with E-state index in [1.807, 2.05) is 31.2 Å². The number of aryl methyl sites for hydroxylation is 1. The van der Waals surface area contributed by atoms with Gasteiger partial charge < -0.3 is 10.2 Å². The maximum atomic E-state index is 12.4. The molecule has 3 rings (SSSR count). The third-order valence-corrected chi connectivity index (χ3v) is 4.57. The van der Waals surface area contributed by atoms with E-state index in [-0.39, 0.29) is 24.8 Å². The molecule has 1 fully saturated rings. The fourth-order valence-electron chi connectivity index (χ4n) is 2.69. The molecule has 0 radical (unpaired) electrons. The Morgan fingerprint density at radius 2 is 1.88 bits per heavy atom. The molecular formula is C18H16Cl2N2O2. The molecule has 1 N–H and O–H groups in total. The first-order chi connectivity index (χ1) is 11.4. The topological polar surface area (TPSA) is 49.4 Å². The molecule has 0 bridgehead atoms. The summed E-state index contributed by atoms with van der Waals surface area (Å²) >= 11 is 12.1. The van der Waals surface area contributed by atoms with Gasteiger partial charge in [0, 0.05) is 23.7 Å². The normalized spacial score (nSPS) is 17.2.